The zero-order valence-electron chi connectivity index (χ0n) is 15.7. The Morgan fingerprint density at radius 1 is 1.18 bits per heavy atom. The Balaban J connectivity index is 2.19. The third kappa shape index (κ3) is 5.34. The quantitative estimate of drug-likeness (QED) is 0.737. The molecule has 1 saturated heterocycles. The van der Waals surface area contributed by atoms with Gasteiger partial charge in [-0.25, -0.2) is 9.18 Å². The molecule has 0 spiro atoms. The average molecular weight is 406 g/mol. The Morgan fingerprint density at radius 3 is 2.25 bits per heavy atom. The first-order valence-electron chi connectivity index (χ1n) is 8.60. The van der Waals surface area contributed by atoms with Gasteiger partial charge >= 0.3 is 18.2 Å². The highest BCUT2D eigenvalue weighted by Gasteiger charge is 2.42. The number of ether oxygens (including phenoxy) is 1. The molecule has 0 bridgehead atoms. The van der Waals surface area contributed by atoms with Crippen LogP contribution in [0.15, 0.2) is 18.2 Å². The lowest BCUT2D eigenvalue weighted by atomic mass is 9.83. The summed E-state index contributed by atoms with van der Waals surface area (Å²) in [4.78, 5) is 24.7. The van der Waals surface area contributed by atoms with Crippen molar-refractivity contribution < 1.29 is 37.0 Å². The smallest absolute Gasteiger partial charge is 0.444 e. The summed E-state index contributed by atoms with van der Waals surface area (Å²) in [5.41, 5.74) is -2.84. The van der Waals surface area contributed by atoms with E-state index in [4.69, 9.17) is 4.74 Å². The van der Waals surface area contributed by atoms with E-state index in [0.29, 0.717) is 0 Å². The summed E-state index contributed by atoms with van der Waals surface area (Å²) in [6.07, 6.45) is -5.77. The highest BCUT2D eigenvalue weighted by atomic mass is 19.4. The molecular formula is C18H22F4N2O4. The molecule has 0 atom stereocenters. The van der Waals surface area contributed by atoms with Crippen LogP contribution >= 0.6 is 0 Å². The van der Waals surface area contributed by atoms with Crippen LogP contribution in [0, 0.1) is 5.82 Å². The molecule has 0 aliphatic carbocycles. The van der Waals surface area contributed by atoms with Gasteiger partial charge in [0.15, 0.2) is 0 Å². The number of carbonyl (C=O) groups excluding carboxylic acids is 2. The lowest BCUT2D eigenvalue weighted by Gasteiger charge is -2.39. The maximum Gasteiger partial charge on any atom is 0.471 e. The number of benzene rings is 1. The Hall–Kier alpha value is -2.36. The fourth-order valence-electron chi connectivity index (χ4n) is 2.87. The minimum absolute atomic E-state index is 0.0211. The summed E-state index contributed by atoms with van der Waals surface area (Å²) in [6.45, 7) is 5.28. The molecule has 2 rings (SSSR count). The van der Waals surface area contributed by atoms with Crippen LogP contribution in [-0.4, -0.2) is 46.9 Å². The number of hydrogen-bond donors (Lipinski definition) is 2. The second-order valence-electron chi connectivity index (χ2n) is 7.64. The van der Waals surface area contributed by atoms with E-state index in [9.17, 15) is 32.3 Å². The van der Waals surface area contributed by atoms with Gasteiger partial charge < -0.3 is 20.1 Å². The maximum absolute atomic E-state index is 13.5. The van der Waals surface area contributed by atoms with Crippen molar-refractivity contribution in [3.8, 4) is 0 Å². The van der Waals surface area contributed by atoms with Crippen LogP contribution in [0.3, 0.4) is 0 Å². The third-order valence-electron chi connectivity index (χ3n) is 4.23. The summed E-state index contributed by atoms with van der Waals surface area (Å²) in [6, 6.07) is 2.83. The SMILES string of the molecule is CC(C)(C)OC(=O)N1CCC(O)(c2ccc(F)cc2NC(=O)C(F)(F)F)CC1. The van der Waals surface area contributed by atoms with Crippen molar-refractivity contribution >= 4 is 17.7 Å². The van der Waals surface area contributed by atoms with Gasteiger partial charge in [0.25, 0.3) is 0 Å². The van der Waals surface area contributed by atoms with Gasteiger partial charge in [0.05, 0.1) is 11.3 Å². The zero-order valence-corrected chi connectivity index (χ0v) is 15.7. The number of rotatable bonds is 2. The van der Waals surface area contributed by atoms with E-state index in [1.54, 1.807) is 26.1 Å². The molecule has 10 heteroatoms. The number of nitrogens with zero attached hydrogens (tertiary/aromatic N) is 1. The molecule has 2 N–H and O–H groups in total. The number of carbonyl (C=O) groups is 2. The first-order chi connectivity index (χ1) is 12.7. The van der Waals surface area contributed by atoms with E-state index in [-0.39, 0.29) is 31.5 Å². The van der Waals surface area contributed by atoms with Crippen LogP contribution in [0.5, 0.6) is 0 Å². The summed E-state index contributed by atoms with van der Waals surface area (Å²) < 4.78 is 56.4. The van der Waals surface area contributed by atoms with Crippen molar-refractivity contribution in [3.05, 3.63) is 29.6 Å². The summed E-state index contributed by atoms with van der Waals surface area (Å²) in [7, 11) is 0. The zero-order chi connectivity index (χ0) is 21.3. The number of anilines is 1. The predicted molar refractivity (Wildman–Crippen MR) is 92.0 cm³/mol. The highest BCUT2D eigenvalue weighted by molar-refractivity contribution is 5.95. The summed E-state index contributed by atoms with van der Waals surface area (Å²) in [5, 5.41) is 12.5. The molecule has 1 aromatic rings. The van der Waals surface area contributed by atoms with Gasteiger partial charge in [0.1, 0.15) is 11.4 Å². The lowest BCUT2D eigenvalue weighted by molar-refractivity contribution is -0.167. The number of nitrogens with one attached hydrogen (secondary N) is 1. The topological polar surface area (TPSA) is 78.9 Å². The Morgan fingerprint density at radius 2 is 1.75 bits per heavy atom. The van der Waals surface area contributed by atoms with Gasteiger partial charge in [-0.05, 0) is 45.7 Å². The van der Waals surface area contributed by atoms with Crippen LogP contribution in [0.4, 0.5) is 28.0 Å². The molecule has 1 aliphatic rings. The minimum Gasteiger partial charge on any atom is -0.444 e. The number of amides is 2. The van der Waals surface area contributed by atoms with Crippen molar-refractivity contribution in [1.29, 1.82) is 0 Å². The maximum atomic E-state index is 13.5. The summed E-state index contributed by atoms with van der Waals surface area (Å²) >= 11 is 0. The number of aliphatic hydroxyl groups is 1. The van der Waals surface area contributed by atoms with Gasteiger partial charge in [-0.15, -0.1) is 0 Å². The van der Waals surface area contributed by atoms with Crippen molar-refractivity contribution in [3.63, 3.8) is 0 Å². The minimum atomic E-state index is -5.16. The molecule has 1 aliphatic heterocycles. The van der Waals surface area contributed by atoms with Gasteiger partial charge in [-0.3, -0.25) is 4.79 Å². The molecule has 0 saturated carbocycles. The first kappa shape index (κ1) is 21.9. The van der Waals surface area contributed by atoms with E-state index < -0.39 is 40.9 Å². The standard InChI is InChI=1S/C18H22F4N2O4/c1-16(2,3)28-15(26)24-8-6-17(27,7-9-24)12-5-4-11(19)10-13(12)23-14(25)18(20,21)22/h4-5,10,27H,6-9H2,1-3H3,(H,23,25). The summed E-state index contributed by atoms with van der Waals surface area (Å²) in [5.74, 6) is -3.13. The first-order valence-corrected chi connectivity index (χ1v) is 8.60. The van der Waals surface area contributed by atoms with Gasteiger partial charge in [-0.2, -0.15) is 13.2 Å². The number of piperidine rings is 1. The fourth-order valence-corrected chi connectivity index (χ4v) is 2.87. The van der Waals surface area contributed by atoms with Crippen molar-refractivity contribution in [2.24, 2.45) is 0 Å². The fraction of sp³-hybridized carbons (Fsp3) is 0.556. The van der Waals surface area contributed by atoms with E-state index in [2.05, 4.69) is 0 Å². The van der Waals surface area contributed by atoms with Gasteiger partial charge in [0, 0.05) is 18.7 Å². The van der Waals surface area contributed by atoms with Gasteiger partial charge in [0.2, 0.25) is 0 Å². The Labute approximate surface area is 159 Å². The lowest BCUT2D eigenvalue weighted by Crippen LogP contribution is -2.47. The largest absolute Gasteiger partial charge is 0.471 e. The Bertz CT molecular complexity index is 751. The molecule has 6 nitrogen and oxygen atoms in total. The number of hydrogen-bond acceptors (Lipinski definition) is 4. The molecule has 0 aromatic heterocycles. The second-order valence-corrected chi connectivity index (χ2v) is 7.64. The van der Waals surface area contributed by atoms with E-state index in [1.165, 1.54) is 4.90 Å². The van der Waals surface area contributed by atoms with Crippen LogP contribution in [0.1, 0.15) is 39.2 Å². The molecule has 1 aromatic carbocycles. The highest BCUT2D eigenvalue weighted by Crippen LogP contribution is 2.38. The van der Waals surface area contributed by atoms with Crippen LogP contribution in [0.25, 0.3) is 0 Å². The molecule has 1 heterocycles. The molecule has 28 heavy (non-hydrogen) atoms. The molecule has 0 unspecified atom stereocenters. The van der Waals surface area contributed by atoms with E-state index >= 15 is 0 Å². The molecule has 1 fully saturated rings. The molecule has 156 valence electrons. The molecule has 0 radical (unpaired) electrons. The normalized spacial score (nSPS) is 17.2. The average Bonchev–Trinajstić information content (AvgIpc) is 2.52. The third-order valence-corrected chi connectivity index (χ3v) is 4.23. The molecular weight excluding hydrogens is 384 g/mol. The number of alkyl halides is 3. The van der Waals surface area contributed by atoms with E-state index in [1.807, 2.05) is 0 Å². The van der Waals surface area contributed by atoms with Gasteiger partial charge in [-0.1, -0.05) is 6.07 Å². The van der Waals surface area contributed by atoms with Crippen molar-refractivity contribution in [1.82, 2.24) is 4.90 Å². The second kappa shape index (κ2) is 7.57. The van der Waals surface area contributed by atoms with Crippen LogP contribution < -0.4 is 5.32 Å². The monoisotopic (exact) mass is 406 g/mol. The van der Waals surface area contributed by atoms with E-state index in [0.717, 1.165) is 18.2 Å². The predicted octanol–water partition coefficient (Wildman–Crippen LogP) is 3.55. The number of likely N-dealkylation sites (tertiary alicyclic amines) is 1. The van der Waals surface area contributed by atoms with Crippen LogP contribution in [0.2, 0.25) is 0 Å². The number of halogens is 4. The van der Waals surface area contributed by atoms with Crippen molar-refractivity contribution in [2.75, 3.05) is 18.4 Å². The van der Waals surface area contributed by atoms with Crippen LogP contribution in [-0.2, 0) is 15.1 Å². The molecule has 2 amide bonds. The van der Waals surface area contributed by atoms with Crippen molar-refractivity contribution in [2.45, 2.75) is 51.0 Å². The Kier molecular flexibility index (Phi) is 5.93.